The standard InChI is InChI=1S/C13H16N2O2/c16-15(17)13-6-4-12(5-7-13)8-11-14-9-2-1-3-10-14/h4-8,11H,1-3,9-10H2. The number of nitro benzene ring substituents is 1. The summed E-state index contributed by atoms with van der Waals surface area (Å²) >= 11 is 0. The molecule has 1 aromatic rings. The lowest BCUT2D eigenvalue weighted by Crippen LogP contribution is -2.23. The second kappa shape index (κ2) is 5.48. The maximum Gasteiger partial charge on any atom is 0.269 e. The van der Waals surface area contributed by atoms with Crippen LogP contribution in [0.1, 0.15) is 24.8 Å². The Balaban J connectivity index is 1.98. The SMILES string of the molecule is O=[N+]([O-])c1ccc(C=CN2CCCCC2)cc1. The van der Waals surface area contributed by atoms with Crippen molar-refractivity contribution in [2.24, 2.45) is 0 Å². The van der Waals surface area contributed by atoms with Crippen LogP contribution in [0.25, 0.3) is 6.08 Å². The van der Waals surface area contributed by atoms with Gasteiger partial charge in [-0.3, -0.25) is 10.1 Å². The monoisotopic (exact) mass is 232 g/mol. The van der Waals surface area contributed by atoms with Gasteiger partial charge in [0.1, 0.15) is 0 Å². The van der Waals surface area contributed by atoms with Gasteiger partial charge >= 0.3 is 0 Å². The summed E-state index contributed by atoms with van der Waals surface area (Å²) in [4.78, 5) is 12.4. The smallest absolute Gasteiger partial charge is 0.269 e. The maximum atomic E-state index is 10.5. The van der Waals surface area contributed by atoms with Gasteiger partial charge in [-0.2, -0.15) is 0 Å². The fourth-order valence-corrected chi connectivity index (χ4v) is 1.97. The van der Waals surface area contributed by atoms with E-state index in [1.165, 1.54) is 31.4 Å². The molecular weight excluding hydrogens is 216 g/mol. The molecule has 0 aromatic heterocycles. The van der Waals surface area contributed by atoms with Crippen LogP contribution < -0.4 is 0 Å². The maximum absolute atomic E-state index is 10.5. The molecule has 0 atom stereocenters. The largest absolute Gasteiger partial charge is 0.377 e. The lowest BCUT2D eigenvalue weighted by Gasteiger charge is -2.24. The summed E-state index contributed by atoms with van der Waals surface area (Å²) in [6, 6.07) is 6.63. The van der Waals surface area contributed by atoms with Gasteiger partial charge in [-0.25, -0.2) is 0 Å². The van der Waals surface area contributed by atoms with E-state index in [1.54, 1.807) is 12.1 Å². The highest BCUT2D eigenvalue weighted by atomic mass is 16.6. The molecule has 1 fully saturated rings. The van der Waals surface area contributed by atoms with Crippen LogP contribution >= 0.6 is 0 Å². The van der Waals surface area contributed by atoms with E-state index in [0.717, 1.165) is 18.7 Å². The van der Waals surface area contributed by atoms with E-state index in [-0.39, 0.29) is 10.6 Å². The first kappa shape index (κ1) is 11.6. The van der Waals surface area contributed by atoms with E-state index in [1.807, 2.05) is 6.08 Å². The minimum atomic E-state index is -0.377. The number of nitrogens with zero attached hydrogens (tertiary/aromatic N) is 2. The topological polar surface area (TPSA) is 46.4 Å². The van der Waals surface area contributed by atoms with Crippen molar-refractivity contribution in [3.63, 3.8) is 0 Å². The van der Waals surface area contributed by atoms with Crippen molar-refractivity contribution in [2.45, 2.75) is 19.3 Å². The second-order valence-electron chi connectivity index (χ2n) is 4.26. The Kier molecular flexibility index (Phi) is 3.75. The highest BCUT2D eigenvalue weighted by molar-refractivity contribution is 5.51. The third-order valence-electron chi connectivity index (χ3n) is 2.97. The molecule has 2 rings (SSSR count). The quantitative estimate of drug-likeness (QED) is 0.594. The van der Waals surface area contributed by atoms with E-state index in [0.29, 0.717) is 0 Å². The highest BCUT2D eigenvalue weighted by Crippen LogP contribution is 2.14. The van der Waals surface area contributed by atoms with E-state index in [4.69, 9.17) is 0 Å². The molecule has 90 valence electrons. The molecule has 4 heteroatoms. The van der Waals surface area contributed by atoms with Crippen molar-refractivity contribution >= 4 is 11.8 Å². The average Bonchev–Trinajstić information content (AvgIpc) is 2.38. The molecule has 0 radical (unpaired) electrons. The van der Waals surface area contributed by atoms with Gasteiger partial charge < -0.3 is 4.90 Å². The summed E-state index contributed by atoms with van der Waals surface area (Å²) < 4.78 is 0. The van der Waals surface area contributed by atoms with Crippen LogP contribution in [0.4, 0.5) is 5.69 Å². The minimum absolute atomic E-state index is 0.139. The average molecular weight is 232 g/mol. The number of rotatable bonds is 3. The fraction of sp³-hybridized carbons (Fsp3) is 0.385. The molecule has 0 N–H and O–H groups in total. The van der Waals surface area contributed by atoms with E-state index >= 15 is 0 Å². The van der Waals surface area contributed by atoms with Crippen molar-refractivity contribution < 1.29 is 4.92 Å². The molecule has 1 aromatic carbocycles. The number of piperidine rings is 1. The molecule has 0 amide bonds. The summed E-state index contributed by atoms with van der Waals surface area (Å²) in [6.07, 6.45) is 7.92. The van der Waals surface area contributed by atoms with Gasteiger partial charge in [-0.15, -0.1) is 0 Å². The van der Waals surface area contributed by atoms with Crippen LogP contribution in [-0.2, 0) is 0 Å². The Morgan fingerprint density at radius 2 is 1.76 bits per heavy atom. The van der Waals surface area contributed by atoms with Gasteiger partial charge in [0.25, 0.3) is 5.69 Å². The Morgan fingerprint density at radius 3 is 2.35 bits per heavy atom. The predicted octanol–water partition coefficient (Wildman–Crippen LogP) is 3.05. The van der Waals surface area contributed by atoms with Gasteiger partial charge in [0, 0.05) is 25.2 Å². The summed E-state index contributed by atoms with van der Waals surface area (Å²) in [5.41, 5.74) is 1.14. The summed E-state index contributed by atoms with van der Waals surface area (Å²) in [7, 11) is 0. The van der Waals surface area contributed by atoms with Gasteiger partial charge in [0.05, 0.1) is 4.92 Å². The van der Waals surface area contributed by atoms with Crippen LogP contribution in [0, 0.1) is 10.1 Å². The predicted molar refractivity (Wildman–Crippen MR) is 67.6 cm³/mol. The lowest BCUT2D eigenvalue weighted by atomic mass is 10.1. The van der Waals surface area contributed by atoms with Gasteiger partial charge in [-0.05, 0) is 49.2 Å². The first-order valence-electron chi connectivity index (χ1n) is 5.92. The third-order valence-corrected chi connectivity index (χ3v) is 2.97. The molecule has 0 spiro atoms. The lowest BCUT2D eigenvalue weighted by molar-refractivity contribution is -0.384. The zero-order chi connectivity index (χ0) is 12.1. The molecule has 1 heterocycles. The molecule has 1 aliphatic rings. The molecular formula is C13H16N2O2. The van der Waals surface area contributed by atoms with E-state index < -0.39 is 0 Å². The van der Waals surface area contributed by atoms with Crippen molar-refractivity contribution in [1.29, 1.82) is 0 Å². The fourth-order valence-electron chi connectivity index (χ4n) is 1.97. The number of non-ortho nitro benzene ring substituents is 1. The Bertz CT molecular complexity index is 406. The van der Waals surface area contributed by atoms with Crippen LogP contribution in [0.5, 0.6) is 0 Å². The Labute approximate surface area is 101 Å². The van der Waals surface area contributed by atoms with E-state index in [2.05, 4.69) is 11.1 Å². The van der Waals surface area contributed by atoms with Crippen LogP contribution in [0.15, 0.2) is 30.5 Å². The number of hydrogen-bond donors (Lipinski definition) is 0. The Morgan fingerprint density at radius 1 is 1.12 bits per heavy atom. The number of hydrogen-bond acceptors (Lipinski definition) is 3. The molecule has 0 bridgehead atoms. The zero-order valence-electron chi connectivity index (χ0n) is 9.71. The summed E-state index contributed by atoms with van der Waals surface area (Å²) in [6.45, 7) is 2.23. The van der Waals surface area contributed by atoms with Gasteiger partial charge in [0.15, 0.2) is 0 Å². The second-order valence-corrected chi connectivity index (χ2v) is 4.26. The number of nitro groups is 1. The molecule has 17 heavy (non-hydrogen) atoms. The zero-order valence-corrected chi connectivity index (χ0v) is 9.71. The molecule has 0 saturated carbocycles. The number of benzene rings is 1. The third kappa shape index (κ3) is 3.31. The summed E-state index contributed by atoms with van der Waals surface area (Å²) in [5.74, 6) is 0. The van der Waals surface area contributed by atoms with E-state index in [9.17, 15) is 10.1 Å². The summed E-state index contributed by atoms with van der Waals surface area (Å²) in [5, 5.41) is 10.5. The van der Waals surface area contributed by atoms with Crippen molar-refractivity contribution in [3.05, 3.63) is 46.1 Å². The first-order chi connectivity index (χ1) is 8.25. The highest BCUT2D eigenvalue weighted by Gasteiger charge is 2.05. The normalized spacial score (nSPS) is 16.4. The minimum Gasteiger partial charge on any atom is -0.377 e. The van der Waals surface area contributed by atoms with Crippen molar-refractivity contribution in [3.8, 4) is 0 Å². The number of likely N-dealkylation sites (tertiary alicyclic amines) is 1. The van der Waals surface area contributed by atoms with Gasteiger partial charge in [0.2, 0.25) is 0 Å². The van der Waals surface area contributed by atoms with Gasteiger partial charge in [-0.1, -0.05) is 0 Å². The first-order valence-corrected chi connectivity index (χ1v) is 5.92. The van der Waals surface area contributed by atoms with Crippen molar-refractivity contribution in [2.75, 3.05) is 13.1 Å². The molecule has 1 aliphatic heterocycles. The molecule has 0 aliphatic carbocycles. The molecule has 0 unspecified atom stereocenters. The van der Waals surface area contributed by atoms with Crippen LogP contribution in [-0.4, -0.2) is 22.9 Å². The molecule has 4 nitrogen and oxygen atoms in total. The Hall–Kier alpha value is -1.84. The van der Waals surface area contributed by atoms with Crippen LogP contribution in [0.3, 0.4) is 0 Å². The van der Waals surface area contributed by atoms with Crippen LogP contribution in [0.2, 0.25) is 0 Å². The van der Waals surface area contributed by atoms with Crippen molar-refractivity contribution in [1.82, 2.24) is 4.90 Å². The molecule has 1 saturated heterocycles.